The summed E-state index contributed by atoms with van der Waals surface area (Å²) in [6, 6.07) is 14.2. The third-order valence-electron chi connectivity index (χ3n) is 4.27. The Balaban J connectivity index is 1.76. The van der Waals surface area contributed by atoms with Crippen LogP contribution in [-0.4, -0.2) is 31.4 Å². The van der Waals surface area contributed by atoms with Gasteiger partial charge in [0.05, 0.1) is 6.61 Å². The van der Waals surface area contributed by atoms with E-state index in [4.69, 9.17) is 9.47 Å². The molecule has 7 heteroatoms. The van der Waals surface area contributed by atoms with Crippen LogP contribution in [0.2, 0.25) is 0 Å². The van der Waals surface area contributed by atoms with Gasteiger partial charge in [0.15, 0.2) is 6.61 Å². The third kappa shape index (κ3) is 5.12. The maximum Gasteiger partial charge on any atom is 0.341 e. The van der Waals surface area contributed by atoms with Gasteiger partial charge in [-0.1, -0.05) is 29.8 Å². The number of thiophene rings is 1. The first-order chi connectivity index (χ1) is 14.5. The number of carbonyl (C=O) groups is 3. The molecule has 1 heterocycles. The van der Waals surface area contributed by atoms with Gasteiger partial charge in [0.25, 0.3) is 5.91 Å². The zero-order valence-corrected chi connectivity index (χ0v) is 17.5. The summed E-state index contributed by atoms with van der Waals surface area (Å²) < 4.78 is 10.7. The first-order valence-corrected chi connectivity index (χ1v) is 10.2. The van der Waals surface area contributed by atoms with Gasteiger partial charge < -0.3 is 14.8 Å². The van der Waals surface area contributed by atoms with Crippen LogP contribution in [0, 0.1) is 6.92 Å². The summed E-state index contributed by atoms with van der Waals surface area (Å²) in [6.45, 7) is 3.72. The van der Waals surface area contributed by atoms with Crippen molar-refractivity contribution < 1.29 is 23.9 Å². The van der Waals surface area contributed by atoms with Gasteiger partial charge in [0.2, 0.25) is 0 Å². The second-order valence-corrected chi connectivity index (χ2v) is 7.34. The summed E-state index contributed by atoms with van der Waals surface area (Å²) in [7, 11) is 0. The first kappa shape index (κ1) is 21.3. The largest absolute Gasteiger partial charge is 0.484 e. The number of nitrogens with one attached hydrogen (secondary N) is 1. The molecule has 3 aromatic rings. The van der Waals surface area contributed by atoms with E-state index in [9.17, 15) is 14.4 Å². The van der Waals surface area contributed by atoms with Crippen molar-refractivity contribution in [2.45, 2.75) is 13.8 Å². The fourth-order valence-electron chi connectivity index (χ4n) is 2.76. The van der Waals surface area contributed by atoms with Crippen LogP contribution in [0.1, 0.15) is 33.2 Å². The van der Waals surface area contributed by atoms with Crippen LogP contribution >= 0.6 is 11.3 Å². The Morgan fingerprint density at radius 2 is 1.77 bits per heavy atom. The van der Waals surface area contributed by atoms with Crippen molar-refractivity contribution in [3.8, 4) is 16.9 Å². The fraction of sp³-hybridized carbons (Fsp3) is 0.174. The van der Waals surface area contributed by atoms with E-state index in [1.165, 1.54) is 11.3 Å². The van der Waals surface area contributed by atoms with E-state index in [0.29, 0.717) is 27.4 Å². The number of benzene rings is 2. The lowest BCUT2D eigenvalue weighted by Gasteiger charge is -2.10. The molecular formula is C23H21NO5S. The minimum absolute atomic E-state index is 0.231. The Kier molecular flexibility index (Phi) is 6.98. The third-order valence-corrected chi connectivity index (χ3v) is 5.17. The maximum atomic E-state index is 12.6. The van der Waals surface area contributed by atoms with Gasteiger partial charge in [-0.15, -0.1) is 11.3 Å². The van der Waals surface area contributed by atoms with E-state index in [0.717, 1.165) is 17.4 Å². The van der Waals surface area contributed by atoms with E-state index in [-0.39, 0.29) is 13.2 Å². The van der Waals surface area contributed by atoms with Crippen molar-refractivity contribution in [1.29, 1.82) is 0 Å². The number of amides is 1. The average Bonchev–Trinajstić information content (AvgIpc) is 3.17. The van der Waals surface area contributed by atoms with E-state index >= 15 is 0 Å². The second-order valence-electron chi connectivity index (χ2n) is 6.46. The zero-order chi connectivity index (χ0) is 21.5. The molecule has 0 aliphatic carbocycles. The minimum atomic E-state index is -0.491. The molecule has 154 valence electrons. The molecule has 2 aromatic carbocycles. The van der Waals surface area contributed by atoms with Gasteiger partial charge in [-0.3, -0.25) is 9.59 Å². The highest BCUT2D eigenvalue weighted by Gasteiger charge is 2.23. The standard InChI is InChI=1S/C23H21NO5S/c1-3-28-23(27)21-19(17-8-4-15(2)5-9-17)14-30-22(21)24-20(26)13-29-18-10-6-16(12-25)7-11-18/h4-12,14H,3,13H2,1-2H3,(H,24,26). The molecule has 1 N–H and O–H groups in total. The molecule has 1 amide bonds. The predicted molar refractivity (Wildman–Crippen MR) is 116 cm³/mol. The average molecular weight is 423 g/mol. The molecule has 0 saturated heterocycles. The molecule has 3 rings (SSSR count). The number of esters is 1. The molecule has 0 bridgehead atoms. The summed E-state index contributed by atoms with van der Waals surface area (Å²) in [5.74, 6) is -0.430. The Morgan fingerprint density at radius 3 is 2.40 bits per heavy atom. The van der Waals surface area contributed by atoms with Crippen molar-refractivity contribution in [1.82, 2.24) is 0 Å². The zero-order valence-electron chi connectivity index (χ0n) is 16.6. The van der Waals surface area contributed by atoms with Gasteiger partial charge in [-0.05, 0) is 43.7 Å². The fourth-order valence-corrected chi connectivity index (χ4v) is 3.73. The van der Waals surface area contributed by atoms with Gasteiger partial charge in [-0.25, -0.2) is 4.79 Å². The molecule has 0 fully saturated rings. The lowest BCUT2D eigenvalue weighted by molar-refractivity contribution is -0.118. The Hall–Kier alpha value is -3.45. The number of aryl methyl sites for hydroxylation is 1. The molecule has 0 radical (unpaired) electrons. The molecule has 0 unspecified atom stereocenters. The molecule has 0 spiro atoms. The van der Waals surface area contributed by atoms with Crippen LogP contribution in [0.5, 0.6) is 5.75 Å². The smallest absolute Gasteiger partial charge is 0.341 e. The van der Waals surface area contributed by atoms with Crippen molar-refractivity contribution in [2.24, 2.45) is 0 Å². The van der Waals surface area contributed by atoms with E-state index in [1.807, 2.05) is 36.6 Å². The van der Waals surface area contributed by atoms with E-state index in [1.54, 1.807) is 31.2 Å². The normalized spacial score (nSPS) is 10.3. The molecule has 1 aromatic heterocycles. The Morgan fingerprint density at radius 1 is 1.07 bits per heavy atom. The molecule has 0 atom stereocenters. The van der Waals surface area contributed by atoms with E-state index in [2.05, 4.69) is 5.32 Å². The van der Waals surface area contributed by atoms with Crippen molar-refractivity contribution in [2.75, 3.05) is 18.5 Å². The Bertz CT molecular complexity index is 1040. The van der Waals surface area contributed by atoms with Crippen molar-refractivity contribution >= 4 is 34.5 Å². The number of anilines is 1. The highest BCUT2D eigenvalue weighted by atomic mass is 32.1. The highest BCUT2D eigenvalue weighted by Crippen LogP contribution is 2.36. The van der Waals surface area contributed by atoms with Gasteiger partial charge >= 0.3 is 5.97 Å². The molecule has 0 aliphatic heterocycles. The highest BCUT2D eigenvalue weighted by molar-refractivity contribution is 7.15. The predicted octanol–water partition coefficient (Wildman–Crippen LogP) is 4.73. The summed E-state index contributed by atoms with van der Waals surface area (Å²) >= 11 is 1.26. The van der Waals surface area contributed by atoms with Crippen LogP contribution in [-0.2, 0) is 9.53 Å². The summed E-state index contributed by atoms with van der Waals surface area (Å²) in [5, 5.41) is 4.98. The molecule has 0 saturated carbocycles. The monoisotopic (exact) mass is 423 g/mol. The minimum Gasteiger partial charge on any atom is -0.484 e. The maximum absolute atomic E-state index is 12.6. The van der Waals surface area contributed by atoms with Crippen molar-refractivity contribution in [3.63, 3.8) is 0 Å². The van der Waals surface area contributed by atoms with Crippen LogP contribution in [0.25, 0.3) is 11.1 Å². The number of carbonyl (C=O) groups excluding carboxylic acids is 3. The van der Waals surface area contributed by atoms with Crippen molar-refractivity contribution in [3.05, 3.63) is 70.6 Å². The van der Waals surface area contributed by atoms with Gasteiger partial charge in [0.1, 0.15) is 22.6 Å². The van der Waals surface area contributed by atoms with E-state index < -0.39 is 11.9 Å². The number of hydrogen-bond acceptors (Lipinski definition) is 6. The summed E-state index contributed by atoms with van der Waals surface area (Å²) in [6.07, 6.45) is 0.732. The van der Waals surface area contributed by atoms with Crippen LogP contribution in [0.3, 0.4) is 0 Å². The SMILES string of the molecule is CCOC(=O)c1c(-c2ccc(C)cc2)csc1NC(=O)COc1ccc(C=O)cc1. The van der Waals surface area contributed by atoms with Gasteiger partial charge in [0, 0.05) is 16.5 Å². The lowest BCUT2D eigenvalue weighted by atomic mass is 10.0. The number of rotatable bonds is 8. The summed E-state index contributed by atoms with van der Waals surface area (Å²) in [4.78, 5) is 35.7. The lowest BCUT2D eigenvalue weighted by Crippen LogP contribution is -2.21. The van der Waals surface area contributed by atoms with Crippen LogP contribution in [0.4, 0.5) is 5.00 Å². The Labute approximate surface area is 178 Å². The molecular weight excluding hydrogens is 402 g/mol. The number of ether oxygens (including phenoxy) is 2. The second kappa shape index (κ2) is 9.84. The first-order valence-electron chi connectivity index (χ1n) is 9.35. The topological polar surface area (TPSA) is 81.7 Å². The molecule has 6 nitrogen and oxygen atoms in total. The number of hydrogen-bond donors (Lipinski definition) is 1. The van der Waals surface area contributed by atoms with Crippen LogP contribution in [0.15, 0.2) is 53.9 Å². The van der Waals surface area contributed by atoms with Crippen LogP contribution < -0.4 is 10.1 Å². The molecule has 0 aliphatic rings. The summed E-state index contributed by atoms with van der Waals surface area (Å²) in [5.41, 5.74) is 3.53. The number of aldehydes is 1. The quantitative estimate of drug-likeness (QED) is 0.418. The van der Waals surface area contributed by atoms with Gasteiger partial charge in [-0.2, -0.15) is 0 Å². The molecule has 30 heavy (non-hydrogen) atoms.